The molecule has 0 amide bonds. The van der Waals surface area contributed by atoms with Gasteiger partial charge in [0.05, 0.1) is 6.61 Å². The summed E-state index contributed by atoms with van der Waals surface area (Å²) in [6, 6.07) is 6.95. The van der Waals surface area contributed by atoms with Gasteiger partial charge in [0.1, 0.15) is 0 Å². The van der Waals surface area contributed by atoms with Crippen molar-refractivity contribution >= 4 is 17.4 Å². The molecule has 1 heterocycles. The minimum absolute atomic E-state index is 0.00371. The zero-order chi connectivity index (χ0) is 17.5. The zero-order valence-corrected chi connectivity index (χ0v) is 14.2. The Morgan fingerprint density at radius 3 is 2.46 bits per heavy atom. The van der Waals surface area contributed by atoms with E-state index < -0.39 is 0 Å². The van der Waals surface area contributed by atoms with Gasteiger partial charge in [-0.1, -0.05) is 6.92 Å². The van der Waals surface area contributed by atoms with Crippen molar-refractivity contribution in [2.45, 2.75) is 39.7 Å². The van der Waals surface area contributed by atoms with Gasteiger partial charge in [-0.3, -0.25) is 9.59 Å². The van der Waals surface area contributed by atoms with Gasteiger partial charge in [0.15, 0.2) is 5.78 Å². The number of aromatic nitrogens is 1. The van der Waals surface area contributed by atoms with E-state index in [1.54, 1.807) is 31.2 Å². The van der Waals surface area contributed by atoms with Crippen LogP contribution in [0.25, 0.3) is 0 Å². The molecule has 0 unspecified atom stereocenters. The van der Waals surface area contributed by atoms with Crippen molar-refractivity contribution in [2.75, 3.05) is 12.3 Å². The van der Waals surface area contributed by atoms with Crippen LogP contribution in [0.15, 0.2) is 36.7 Å². The molecule has 1 aromatic carbocycles. The molecule has 2 aromatic rings. The fourth-order valence-corrected chi connectivity index (χ4v) is 2.60. The topological polar surface area (TPSA) is 74.3 Å². The van der Waals surface area contributed by atoms with E-state index in [1.807, 2.05) is 23.9 Å². The number of aryl methyl sites for hydroxylation is 2. The van der Waals surface area contributed by atoms with Crippen molar-refractivity contribution in [3.63, 3.8) is 0 Å². The van der Waals surface area contributed by atoms with E-state index in [0.717, 1.165) is 12.0 Å². The van der Waals surface area contributed by atoms with Crippen molar-refractivity contribution in [3.8, 4) is 0 Å². The molecule has 0 bridgehead atoms. The highest BCUT2D eigenvalue weighted by atomic mass is 16.5. The Kier molecular flexibility index (Phi) is 6.18. The predicted molar refractivity (Wildman–Crippen MR) is 94.0 cm³/mol. The van der Waals surface area contributed by atoms with E-state index in [-0.39, 0.29) is 11.8 Å². The van der Waals surface area contributed by atoms with Crippen molar-refractivity contribution in [3.05, 3.63) is 53.3 Å². The highest BCUT2D eigenvalue weighted by molar-refractivity contribution is 6.10. The Bertz CT molecular complexity index is 702. The van der Waals surface area contributed by atoms with Crippen LogP contribution < -0.4 is 5.73 Å². The summed E-state index contributed by atoms with van der Waals surface area (Å²) in [5, 5.41) is 0. The second-order valence-corrected chi connectivity index (χ2v) is 5.65. The third kappa shape index (κ3) is 4.47. The van der Waals surface area contributed by atoms with Gasteiger partial charge >= 0.3 is 5.97 Å². The number of hydrogen-bond donors (Lipinski definition) is 1. The molecule has 0 atom stereocenters. The molecule has 0 radical (unpaired) electrons. The number of nitrogen functional groups attached to an aromatic ring is 1. The molecule has 0 spiro atoms. The summed E-state index contributed by atoms with van der Waals surface area (Å²) in [7, 11) is 0. The molecule has 1 aromatic heterocycles. The molecule has 0 saturated heterocycles. The number of rotatable bonds is 8. The van der Waals surface area contributed by atoms with E-state index >= 15 is 0 Å². The third-order valence-corrected chi connectivity index (χ3v) is 3.86. The maximum atomic E-state index is 12.7. The molecule has 5 heteroatoms. The number of nitrogens with zero attached hydrogens (tertiary/aromatic N) is 1. The zero-order valence-electron chi connectivity index (χ0n) is 14.2. The molecular formula is C19H24N2O3. The first-order chi connectivity index (χ1) is 11.5. The molecular weight excluding hydrogens is 304 g/mol. The van der Waals surface area contributed by atoms with Crippen LogP contribution in [-0.4, -0.2) is 22.9 Å². The molecule has 0 aliphatic carbocycles. The molecule has 0 aliphatic rings. The van der Waals surface area contributed by atoms with Gasteiger partial charge in [-0.2, -0.15) is 0 Å². The summed E-state index contributed by atoms with van der Waals surface area (Å²) in [4.78, 5) is 24.1. The van der Waals surface area contributed by atoms with Crippen LogP contribution >= 0.6 is 0 Å². The number of ether oxygens (including phenoxy) is 1. The van der Waals surface area contributed by atoms with Gasteiger partial charge in [0.25, 0.3) is 0 Å². The first kappa shape index (κ1) is 17.8. The van der Waals surface area contributed by atoms with Gasteiger partial charge in [-0.05, 0) is 49.6 Å². The molecule has 0 fully saturated rings. The SMILES string of the molecule is CCOC(=O)CCCn1cc(CC)c(C(=O)c2ccc(N)cc2)c1. The van der Waals surface area contributed by atoms with Crippen LogP contribution in [0.1, 0.15) is 48.2 Å². The number of carbonyl (C=O) groups is 2. The number of hydrogen-bond acceptors (Lipinski definition) is 4. The summed E-state index contributed by atoms with van der Waals surface area (Å²) in [5.41, 5.74) is 8.65. The van der Waals surface area contributed by atoms with Crippen LogP contribution in [-0.2, 0) is 22.5 Å². The monoisotopic (exact) mass is 328 g/mol. The molecule has 2 N–H and O–H groups in total. The van der Waals surface area contributed by atoms with Gasteiger partial charge in [-0.15, -0.1) is 0 Å². The average molecular weight is 328 g/mol. The highest BCUT2D eigenvalue weighted by Gasteiger charge is 2.15. The second kappa shape index (κ2) is 8.34. The minimum Gasteiger partial charge on any atom is -0.466 e. The summed E-state index contributed by atoms with van der Waals surface area (Å²) in [6.07, 6.45) is 5.69. The third-order valence-electron chi connectivity index (χ3n) is 3.86. The highest BCUT2D eigenvalue weighted by Crippen LogP contribution is 2.18. The van der Waals surface area contributed by atoms with E-state index in [2.05, 4.69) is 0 Å². The maximum Gasteiger partial charge on any atom is 0.305 e. The molecule has 2 rings (SSSR count). The summed E-state index contributed by atoms with van der Waals surface area (Å²) in [6.45, 7) is 4.91. The maximum absolute atomic E-state index is 12.7. The van der Waals surface area contributed by atoms with Crippen LogP contribution in [0, 0.1) is 0 Å². The number of esters is 1. The van der Waals surface area contributed by atoms with Gasteiger partial charge in [0.2, 0.25) is 0 Å². The smallest absolute Gasteiger partial charge is 0.305 e. The molecule has 24 heavy (non-hydrogen) atoms. The lowest BCUT2D eigenvalue weighted by atomic mass is 10.0. The van der Waals surface area contributed by atoms with Crippen molar-refractivity contribution in [1.29, 1.82) is 0 Å². The quantitative estimate of drug-likeness (QED) is 0.459. The number of benzene rings is 1. The summed E-state index contributed by atoms with van der Waals surface area (Å²) in [5.74, 6) is -0.186. The Morgan fingerprint density at radius 1 is 1.12 bits per heavy atom. The summed E-state index contributed by atoms with van der Waals surface area (Å²) < 4.78 is 6.90. The number of carbonyl (C=O) groups excluding carboxylic acids is 2. The Labute approximate surface area is 142 Å². The van der Waals surface area contributed by atoms with Crippen molar-refractivity contribution in [1.82, 2.24) is 4.57 Å². The fourth-order valence-electron chi connectivity index (χ4n) is 2.60. The standard InChI is InChI=1S/C19H24N2O3/c1-3-14-12-21(11-5-6-18(22)24-4-2)13-17(14)19(23)15-7-9-16(20)10-8-15/h7-10,12-13H,3-6,11,20H2,1-2H3. The molecule has 0 aliphatic heterocycles. The van der Waals surface area contributed by atoms with Gasteiger partial charge < -0.3 is 15.0 Å². The minimum atomic E-state index is -0.182. The first-order valence-corrected chi connectivity index (χ1v) is 8.29. The van der Waals surface area contributed by atoms with Crippen molar-refractivity contribution in [2.24, 2.45) is 0 Å². The Hall–Kier alpha value is -2.56. The normalized spacial score (nSPS) is 10.6. The molecule has 5 nitrogen and oxygen atoms in total. The Morgan fingerprint density at radius 2 is 1.83 bits per heavy atom. The van der Waals surface area contributed by atoms with Crippen LogP contribution in [0.3, 0.4) is 0 Å². The van der Waals surface area contributed by atoms with Gasteiger partial charge in [0, 0.05) is 42.2 Å². The van der Waals surface area contributed by atoms with Crippen LogP contribution in [0.5, 0.6) is 0 Å². The van der Waals surface area contributed by atoms with Crippen LogP contribution in [0.4, 0.5) is 5.69 Å². The van der Waals surface area contributed by atoms with Crippen molar-refractivity contribution < 1.29 is 14.3 Å². The number of ketones is 1. The molecule has 0 saturated carbocycles. The predicted octanol–water partition coefficient (Wildman–Crippen LogP) is 3.21. The lowest BCUT2D eigenvalue weighted by molar-refractivity contribution is -0.143. The first-order valence-electron chi connectivity index (χ1n) is 8.29. The number of nitrogens with two attached hydrogens (primary N) is 1. The molecule has 128 valence electrons. The lowest BCUT2D eigenvalue weighted by Crippen LogP contribution is -2.06. The lowest BCUT2D eigenvalue weighted by Gasteiger charge is -2.03. The Balaban J connectivity index is 2.08. The van der Waals surface area contributed by atoms with E-state index in [4.69, 9.17) is 10.5 Å². The fraction of sp³-hybridized carbons (Fsp3) is 0.368. The van der Waals surface area contributed by atoms with Crippen LogP contribution in [0.2, 0.25) is 0 Å². The largest absolute Gasteiger partial charge is 0.466 e. The van der Waals surface area contributed by atoms with Gasteiger partial charge in [-0.25, -0.2) is 0 Å². The summed E-state index contributed by atoms with van der Waals surface area (Å²) >= 11 is 0. The number of anilines is 1. The van der Waals surface area contributed by atoms with E-state index in [9.17, 15) is 9.59 Å². The second-order valence-electron chi connectivity index (χ2n) is 5.65. The van der Waals surface area contributed by atoms with E-state index in [0.29, 0.717) is 42.8 Å². The van der Waals surface area contributed by atoms with E-state index in [1.165, 1.54) is 0 Å². The average Bonchev–Trinajstić information content (AvgIpc) is 2.98.